The van der Waals surface area contributed by atoms with E-state index in [1.165, 1.54) is 0 Å². The van der Waals surface area contributed by atoms with Crippen LogP contribution in [0.15, 0.2) is 49.2 Å². The van der Waals surface area contributed by atoms with Gasteiger partial charge in [0.25, 0.3) is 0 Å². The number of pyridine rings is 1. The van der Waals surface area contributed by atoms with Gasteiger partial charge in [0, 0.05) is 50.0 Å². The molecule has 4 aromatic heterocycles. The maximum atomic E-state index is 11.9. The highest BCUT2D eigenvalue weighted by atomic mass is 16.2. The summed E-state index contributed by atoms with van der Waals surface area (Å²) in [5.74, 6) is 1.52. The van der Waals surface area contributed by atoms with E-state index < -0.39 is 0 Å². The van der Waals surface area contributed by atoms with Crippen molar-refractivity contribution in [2.45, 2.75) is 6.92 Å². The van der Waals surface area contributed by atoms with E-state index >= 15 is 0 Å². The maximum Gasteiger partial charge on any atom is 0.320 e. The van der Waals surface area contributed by atoms with Gasteiger partial charge in [-0.1, -0.05) is 0 Å². The lowest BCUT2D eigenvalue weighted by Crippen LogP contribution is -2.28. The van der Waals surface area contributed by atoms with Crippen LogP contribution in [0.5, 0.6) is 0 Å². The lowest BCUT2D eigenvalue weighted by atomic mass is 10.2. The second-order valence-electron chi connectivity index (χ2n) is 6.09. The molecule has 4 heterocycles. The van der Waals surface area contributed by atoms with Crippen LogP contribution in [0.1, 0.15) is 6.92 Å². The molecular weight excluding hydrogens is 370 g/mol. The Morgan fingerprint density at radius 3 is 2.66 bits per heavy atom. The number of rotatable bonds is 5. The number of imidazole rings is 1. The van der Waals surface area contributed by atoms with E-state index in [1.807, 2.05) is 25.1 Å². The quantitative estimate of drug-likeness (QED) is 0.479. The van der Waals surface area contributed by atoms with Crippen molar-refractivity contribution in [1.82, 2.24) is 34.6 Å². The molecule has 0 atom stereocenters. The Balaban J connectivity index is 1.85. The lowest BCUT2D eigenvalue weighted by Gasteiger charge is -2.08. The number of carbonyl (C=O) groups is 1. The van der Waals surface area contributed by atoms with Crippen LogP contribution in [0, 0.1) is 0 Å². The van der Waals surface area contributed by atoms with E-state index in [9.17, 15) is 4.79 Å². The van der Waals surface area contributed by atoms with E-state index in [0.717, 1.165) is 5.56 Å². The van der Waals surface area contributed by atoms with Gasteiger partial charge in [0.15, 0.2) is 5.82 Å². The van der Waals surface area contributed by atoms with Crippen LogP contribution in [0.3, 0.4) is 0 Å². The lowest BCUT2D eigenvalue weighted by molar-refractivity contribution is 0.252. The Labute approximate surface area is 166 Å². The minimum absolute atomic E-state index is 0.320. The van der Waals surface area contributed by atoms with E-state index in [2.05, 4.69) is 35.9 Å². The molecule has 10 nitrogen and oxygen atoms in total. The molecule has 29 heavy (non-hydrogen) atoms. The summed E-state index contributed by atoms with van der Waals surface area (Å²) in [4.78, 5) is 33.9. The Bertz CT molecular complexity index is 1140. The predicted molar refractivity (Wildman–Crippen MR) is 109 cm³/mol. The fraction of sp³-hybridized carbons (Fsp3) is 0.158. The Kier molecular flexibility index (Phi) is 4.97. The van der Waals surface area contributed by atoms with Crippen LogP contribution in [-0.2, 0) is 0 Å². The van der Waals surface area contributed by atoms with Crippen molar-refractivity contribution in [1.29, 1.82) is 0 Å². The number of hydrogen-bond acceptors (Lipinski definition) is 7. The molecule has 0 saturated heterocycles. The normalized spacial score (nSPS) is 10.7. The standard InChI is InChI=1S/C19H19N9O/c1-3-22-19(29)27-15-11-28-16(26-15)7-14(12-5-4-6-21-8-12)25-17(28)13-9-23-18(20-2)24-10-13/h4-11H,3H2,1-2H3,(H,20,23,24)(H2,22,27,29). The van der Waals surface area contributed by atoms with Gasteiger partial charge in [-0.25, -0.2) is 24.7 Å². The zero-order valence-corrected chi connectivity index (χ0v) is 15.9. The van der Waals surface area contributed by atoms with Gasteiger partial charge in [0.2, 0.25) is 5.95 Å². The third-order valence-corrected chi connectivity index (χ3v) is 4.12. The molecule has 2 amide bonds. The third kappa shape index (κ3) is 3.81. The maximum absolute atomic E-state index is 11.9. The van der Waals surface area contributed by atoms with Gasteiger partial charge in [0.1, 0.15) is 11.5 Å². The molecule has 0 radical (unpaired) electrons. The zero-order valence-electron chi connectivity index (χ0n) is 15.9. The highest BCUT2D eigenvalue weighted by Gasteiger charge is 2.14. The number of nitrogens with one attached hydrogen (secondary N) is 3. The predicted octanol–water partition coefficient (Wildman–Crippen LogP) is 2.43. The number of urea groups is 1. The van der Waals surface area contributed by atoms with Gasteiger partial charge < -0.3 is 10.6 Å². The van der Waals surface area contributed by atoms with Gasteiger partial charge in [-0.15, -0.1) is 0 Å². The molecule has 0 spiro atoms. The van der Waals surface area contributed by atoms with Crippen LogP contribution in [0.25, 0.3) is 28.3 Å². The number of hydrogen-bond donors (Lipinski definition) is 3. The first-order valence-corrected chi connectivity index (χ1v) is 9.03. The molecule has 0 aliphatic rings. The Morgan fingerprint density at radius 1 is 1.14 bits per heavy atom. The van der Waals surface area contributed by atoms with Gasteiger partial charge in [-0.2, -0.15) is 0 Å². The smallest absolute Gasteiger partial charge is 0.320 e. The van der Waals surface area contributed by atoms with Crippen LogP contribution in [0.4, 0.5) is 16.6 Å². The first-order chi connectivity index (χ1) is 14.2. The minimum Gasteiger partial charge on any atom is -0.357 e. The van der Waals surface area contributed by atoms with Crippen LogP contribution < -0.4 is 16.0 Å². The molecular formula is C19H19N9O. The molecule has 0 saturated carbocycles. The molecule has 0 unspecified atom stereocenters. The van der Waals surface area contributed by atoms with Crippen LogP contribution >= 0.6 is 0 Å². The topological polar surface area (TPSA) is 122 Å². The monoisotopic (exact) mass is 389 g/mol. The number of amides is 2. The Morgan fingerprint density at radius 2 is 1.97 bits per heavy atom. The summed E-state index contributed by atoms with van der Waals surface area (Å²) in [5.41, 5.74) is 2.89. The van der Waals surface area contributed by atoms with Crippen molar-refractivity contribution >= 4 is 23.4 Å². The van der Waals surface area contributed by atoms with E-state index in [4.69, 9.17) is 4.98 Å². The second-order valence-corrected chi connectivity index (χ2v) is 6.09. The average Bonchev–Trinajstić information content (AvgIpc) is 3.16. The fourth-order valence-corrected chi connectivity index (χ4v) is 2.81. The van der Waals surface area contributed by atoms with Crippen LogP contribution in [0.2, 0.25) is 0 Å². The number of fused-ring (bicyclic) bond motifs is 1. The van der Waals surface area contributed by atoms with Crippen LogP contribution in [-0.4, -0.2) is 48.9 Å². The van der Waals surface area contributed by atoms with Gasteiger partial charge in [-0.05, 0) is 19.1 Å². The molecule has 4 rings (SSSR count). The van der Waals surface area contributed by atoms with Crippen molar-refractivity contribution in [3.05, 3.63) is 49.2 Å². The van der Waals surface area contributed by atoms with Crippen molar-refractivity contribution in [2.24, 2.45) is 0 Å². The molecule has 0 aromatic carbocycles. The number of carbonyl (C=O) groups excluding carboxylic acids is 1. The summed E-state index contributed by atoms with van der Waals surface area (Å²) in [5, 5.41) is 8.30. The number of anilines is 2. The first kappa shape index (κ1) is 18.3. The summed E-state index contributed by atoms with van der Waals surface area (Å²) in [6, 6.07) is 5.29. The Hall–Kier alpha value is -4.08. The SMILES string of the molecule is CCNC(=O)Nc1cn2c(-c3cnc(NC)nc3)nc(-c3cccnc3)cc2n1. The summed E-state index contributed by atoms with van der Waals surface area (Å²) >= 11 is 0. The van der Waals surface area contributed by atoms with Gasteiger partial charge in [0.05, 0.1) is 17.5 Å². The number of aromatic nitrogens is 6. The largest absolute Gasteiger partial charge is 0.357 e. The van der Waals surface area contributed by atoms with Crippen molar-refractivity contribution in [3.63, 3.8) is 0 Å². The third-order valence-electron chi connectivity index (χ3n) is 4.12. The molecule has 10 heteroatoms. The zero-order chi connectivity index (χ0) is 20.2. The van der Waals surface area contributed by atoms with Crippen molar-refractivity contribution in [2.75, 3.05) is 24.2 Å². The molecule has 0 fully saturated rings. The summed E-state index contributed by atoms with van der Waals surface area (Å²) in [6.45, 7) is 2.37. The van der Waals surface area contributed by atoms with Crippen molar-refractivity contribution in [3.8, 4) is 22.6 Å². The molecule has 0 bridgehead atoms. The molecule has 0 aliphatic carbocycles. The summed E-state index contributed by atoms with van der Waals surface area (Å²) < 4.78 is 1.79. The highest BCUT2D eigenvalue weighted by molar-refractivity contribution is 5.88. The number of nitrogens with zero attached hydrogens (tertiary/aromatic N) is 6. The summed E-state index contributed by atoms with van der Waals surface area (Å²) in [6.07, 6.45) is 8.53. The van der Waals surface area contributed by atoms with E-state index in [1.54, 1.807) is 42.4 Å². The van der Waals surface area contributed by atoms with Gasteiger partial charge in [-0.3, -0.25) is 14.7 Å². The van der Waals surface area contributed by atoms with E-state index in [-0.39, 0.29) is 6.03 Å². The van der Waals surface area contributed by atoms with Gasteiger partial charge >= 0.3 is 6.03 Å². The minimum atomic E-state index is -0.320. The molecule has 0 aliphatic heterocycles. The molecule has 146 valence electrons. The highest BCUT2D eigenvalue weighted by Crippen LogP contribution is 2.25. The molecule has 3 N–H and O–H groups in total. The van der Waals surface area contributed by atoms with E-state index in [0.29, 0.717) is 41.0 Å². The average molecular weight is 389 g/mol. The fourth-order valence-electron chi connectivity index (χ4n) is 2.81. The summed E-state index contributed by atoms with van der Waals surface area (Å²) in [7, 11) is 1.75. The van der Waals surface area contributed by atoms with Crippen molar-refractivity contribution < 1.29 is 4.79 Å². The molecule has 4 aromatic rings. The first-order valence-electron chi connectivity index (χ1n) is 9.03. The second kappa shape index (κ2) is 7.89.